The van der Waals surface area contributed by atoms with Gasteiger partial charge in [-0.25, -0.2) is 0 Å². The molecule has 0 amide bonds. The first-order chi connectivity index (χ1) is 21.3. The van der Waals surface area contributed by atoms with Gasteiger partial charge in [0, 0.05) is 36.9 Å². The molecule has 0 saturated carbocycles. The molecule has 0 unspecified atom stereocenters. The molecule has 0 N–H and O–H groups in total. The Balaban J connectivity index is 1.25. The zero-order chi connectivity index (χ0) is 28.3. The fraction of sp³-hybridized carbons (Fsp3) is 0. The zero-order valence-corrected chi connectivity index (χ0v) is 24.0. The van der Waals surface area contributed by atoms with Crippen LogP contribution in [-0.4, -0.2) is 0 Å². The van der Waals surface area contributed by atoms with Gasteiger partial charge in [-0.05, 0) is 82.6 Å². The molecule has 0 bridgehead atoms. The van der Waals surface area contributed by atoms with Crippen molar-refractivity contribution < 1.29 is 4.42 Å². The van der Waals surface area contributed by atoms with Gasteiger partial charge in [0.15, 0.2) is 0 Å². The Labute approximate surface area is 252 Å². The standard InChI is InChI=1S/C40H25NOS/c1-2-9-28-24-29(17-16-26(28)8-1)27-18-20-30(21-19-27)41(31-22-23-39-34(25-31)32-10-4-6-15-38(32)43-39)35-12-7-14-37-40(35)33-11-3-5-13-36(33)42-37/h1-25H. The number of hydrogen-bond acceptors (Lipinski definition) is 3. The van der Waals surface area contributed by atoms with E-state index < -0.39 is 0 Å². The van der Waals surface area contributed by atoms with Gasteiger partial charge in [0.2, 0.25) is 0 Å². The summed E-state index contributed by atoms with van der Waals surface area (Å²) in [5, 5.41) is 7.31. The highest BCUT2D eigenvalue weighted by Gasteiger charge is 2.20. The van der Waals surface area contributed by atoms with Crippen LogP contribution in [0, 0.1) is 0 Å². The summed E-state index contributed by atoms with van der Waals surface area (Å²) in [7, 11) is 0. The second-order valence-electron chi connectivity index (χ2n) is 11.0. The molecule has 9 aromatic rings. The molecule has 2 heterocycles. The number of nitrogens with zero attached hydrogens (tertiary/aromatic N) is 1. The number of para-hydroxylation sites is 1. The van der Waals surface area contributed by atoms with Crippen molar-refractivity contribution in [2.24, 2.45) is 0 Å². The average Bonchev–Trinajstić information content (AvgIpc) is 3.64. The minimum atomic E-state index is 0.888. The first kappa shape index (κ1) is 24.2. The van der Waals surface area contributed by atoms with Crippen molar-refractivity contribution in [1.82, 2.24) is 0 Å². The van der Waals surface area contributed by atoms with E-state index in [0.29, 0.717) is 0 Å². The summed E-state index contributed by atoms with van der Waals surface area (Å²) in [4.78, 5) is 2.38. The molecule has 0 spiro atoms. The minimum Gasteiger partial charge on any atom is -0.456 e. The Morgan fingerprint density at radius 2 is 1.14 bits per heavy atom. The molecule has 0 radical (unpaired) electrons. The van der Waals surface area contributed by atoms with Crippen LogP contribution in [0.5, 0.6) is 0 Å². The van der Waals surface area contributed by atoms with E-state index in [1.807, 2.05) is 23.5 Å². The van der Waals surface area contributed by atoms with E-state index in [-0.39, 0.29) is 0 Å². The van der Waals surface area contributed by atoms with Gasteiger partial charge in [0.05, 0.1) is 11.1 Å². The van der Waals surface area contributed by atoms with E-state index in [1.165, 1.54) is 42.1 Å². The number of anilines is 3. The first-order valence-electron chi connectivity index (χ1n) is 14.5. The van der Waals surface area contributed by atoms with Gasteiger partial charge >= 0.3 is 0 Å². The van der Waals surface area contributed by atoms with Crippen molar-refractivity contribution in [2.75, 3.05) is 4.90 Å². The van der Waals surface area contributed by atoms with Gasteiger partial charge < -0.3 is 9.32 Å². The van der Waals surface area contributed by atoms with Crippen LogP contribution in [0.2, 0.25) is 0 Å². The molecule has 0 aliphatic carbocycles. The first-order valence-corrected chi connectivity index (χ1v) is 15.3. The van der Waals surface area contributed by atoms with E-state index in [0.717, 1.165) is 39.0 Å². The SMILES string of the molecule is c1ccc2cc(-c3ccc(N(c4ccc5sc6ccccc6c5c4)c4cccc5oc6ccccc6c45)cc3)ccc2c1. The Hall–Kier alpha value is -5.38. The zero-order valence-electron chi connectivity index (χ0n) is 23.2. The lowest BCUT2D eigenvalue weighted by Crippen LogP contribution is -2.10. The van der Waals surface area contributed by atoms with Crippen LogP contribution in [0.4, 0.5) is 17.1 Å². The van der Waals surface area contributed by atoms with Crippen molar-refractivity contribution in [3.05, 3.63) is 152 Å². The summed E-state index contributed by atoms with van der Waals surface area (Å²) >= 11 is 1.85. The van der Waals surface area contributed by atoms with Crippen molar-refractivity contribution in [2.45, 2.75) is 0 Å². The van der Waals surface area contributed by atoms with Crippen LogP contribution in [0.25, 0.3) is 64.0 Å². The average molecular weight is 568 g/mol. The molecule has 0 aliphatic heterocycles. The maximum atomic E-state index is 6.32. The van der Waals surface area contributed by atoms with Crippen LogP contribution in [0.1, 0.15) is 0 Å². The quantitative estimate of drug-likeness (QED) is 0.210. The van der Waals surface area contributed by atoms with Crippen LogP contribution in [-0.2, 0) is 0 Å². The molecule has 3 heteroatoms. The highest BCUT2D eigenvalue weighted by Crippen LogP contribution is 2.45. The summed E-state index contributed by atoms with van der Waals surface area (Å²) < 4.78 is 8.92. The van der Waals surface area contributed by atoms with Gasteiger partial charge in [-0.2, -0.15) is 0 Å². The van der Waals surface area contributed by atoms with E-state index in [2.05, 4.69) is 144 Å². The lowest BCUT2D eigenvalue weighted by molar-refractivity contribution is 0.669. The molecule has 7 aromatic carbocycles. The fourth-order valence-electron chi connectivity index (χ4n) is 6.39. The number of hydrogen-bond donors (Lipinski definition) is 0. The third-order valence-corrected chi connectivity index (χ3v) is 9.60. The Bertz CT molecular complexity index is 2470. The summed E-state index contributed by atoms with van der Waals surface area (Å²) in [5.74, 6) is 0. The summed E-state index contributed by atoms with van der Waals surface area (Å²) in [5.41, 5.74) is 7.51. The monoisotopic (exact) mass is 567 g/mol. The van der Waals surface area contributed by atoms with Gasteiger partial charge in [0.1, 0.15) is 11.2 Å². The van der Waals surface area contributed by atoms with Gasteiger partial charge in [-0.1, -0.05) is 91.0 Å². The molecule has 0 atom stereocenters. The minimum absolute atomic E-state index is 0.888. The predicted octanol–water partition coefficient (Wildman–Crippen LogP) is 12.2. The highest BCUT2D eigenvalue weighted by molar-refractivity contribution is 7.25. The summed E-state index contributed by atoms with van der Waals surface area (Å²) in [6, 6.07) is 54.4. The van der Waals surface area contributed by atoms with Crippen LogP contribution in [0.3, 0.4) is 0 Å². The number of thiophene rings is 1. The number of furan rings is 1. The van der Waals surface area contributed by atoms with Crippen LogP contribution < -0.4 is 4.90 Å². The molecule has 43 heavy (non-hydrogen) atoms. The number of fused-ring (bicyclic) bond motifs is 7. The van der Waals surface area contributed by atoms with E-state index in [9.17, 15) is 0 Å². The maximum Gasteiger partial charge on any atom is 0.137 e. The van der Waals surface area contributed by atoms with Crippen LogP contribution >= 0.6 is 11.3 Å². The normalized spacial score (nSPS) is 11.7. The van der Waals surface area contributed by atoms with Gasteiger partial charge in [-0.3, -0.25) is 0 Å². The number of rotatable bonds is 4. The lowest BCUT2D eigenvalue weighted by Gasteiger charge is -2.26. The summed E-state index contributed by atoms with van der Waals surface area (Å²) in [6.07, 6.45) is 0. The van der Waals surface area contributed by atoms with E-state index in [1.54, 1.807) is 0 Å². The largest absolute Gasteiger partial charge is 0.456 e. The van der Waals surface area contributed by atoms with Gasteiger partial charge in [0.25, 0.3) is 0 Å². The summed E-state index contributed by atoms with van der Waals surface area (Å²) in [6.45, 7) is 0. The smallest absolute Gasteiger partial charge is 0.137 e. The maximum absolute atomic E-state index is 6.32. The molecular weight excluding hydrogens is 543 g/mol. The second-order valence-corrected chi connectivity index (χ2v) is 12.1. The Morgan fingerprint density at radius 1 is 0.442 bits per heavy atom. The molecule has 202 valence electrons. The number of benzene rings is 7. The Kier molecular flexibility index (Phi) is 5.40. The van der Waals surface area contributed by atoms with E-state index >= 15 is 0 Å². The van der Waals surface area contributed by atoms with Crippen molar-refractivity contribution in [3.8, 4) is 11.1 Å². The predicted molar refractivity (Wildman–Crippen MR) is 184 cm³/mol. The molecular formula is C40H25NOS. The van der Waals surface area contributed by atoms with Crippen LogP contribution in [0.15, 0.2) is 156 Å². The Morgan fingerprint density at radius 3 is 2.05 bits per heavy atom. The van der Waals surface area contributed by atoms with Crippen molar-refractivity contribution in [1.29, 1.82) is 0 Å². The van der Waals surface area contributed by atoms with Crippen molar-refractivity contribution >= 4 is 81.3 Å². The molecule has 2 nitrogen and oxygen atoms in total. The van der Waals surface area contributed by atoms with E-state index in [4.69, 9.17) is 4.42 Å². The molecule has 0 aliphatic rings. The molecule has 0 saturated heterocycles. The second kappa shape index (κ2) is 9.59. The molecule has 0 fully saturated rings. The third-order valence-electron chi connectivity index (χ3n) is 8.45. The van der Waals surface area contributed by atoms with Crippen molar-refractivity contribution in [3.63, 3.8) is 0 Å². The van der Waals surface area contributed by atoms with Gasteiger partial charge in [-0.15, -0.1) is 11.3 Å². The lowest BCUT2D eigenvalue weighted by atomic mass is 10.0. The topological polar surface area (TPSA) is 16.4 Å². The molecule has 2 aromatic heterocycles. The fourth-order valence-corrected chi connectivity index (χ4v) is 7.48. The molecule has 9 rings (SSSR count). The third kappa shape index (κ3) is 3.93. The highest BCUT2D eigenvalue weighted by atomic mass is 32.1.